The van der Waals surface area contributed by atoms with Crippen LogP contribution in [0, 0.1) is 5.82 Å². The van der Waals surface area contributed by atoms with E-state index in [0.29, 0.717) is 70.5 Å². The van der Waals surface area contributed by atoms with Crippen molar-refractivity contribution in [2.45, 2.75) is 13.1 Å². The van der Waals surface area contributed by atoms with E-state index in [1.807, 2.05) is 9.80 Å². The highest BCUT2D eigenvalue weighted by Gasteiger charge is 2.14. The summed E-state index contributed by atoms with van der Waals surface area (Å²) < 4.78 is 34.5. The van der Waals surface area contributed by atoms with Crippen LogP contribution in [0.5, 0.6) is 0 Å². The molecule has 0 aliphatic heterocycles. The summed E-state index contributed by atoms with van der Waals surface area (Å²) in [6.45, 7) is 3.73. The van der Waals surface area contributed by atoms with E-state index in [1.165, 1.54) is 20.3 Å². The quantitative estimate of drug-likeness (QED) is 0.185. The van der Waals surface area contributed by atoms with Gasteiger partial charge in [0.1, 0.15) is 11.5 Å². The van der Waals surface area contributed by atoms with Crippen molar-refractivity contribution in [1.82, 2.24) is 19.8 Å². The second-order valence-corrected chi connectivity index (χ2v) is 8.38. The first-order valence-corrected chi connectivity index (χ1v) is 12.5. The van der Waals surface area contributed by atoms with Crippen LogP contribution in [0.4, 0.5) is 4.39 Å². The van der Waals surface area contributed by atoms with Crippen molar-refractivity contribution < 1.29 is 43.1 Å². The molecular formula is C26H37FN4O8. The molecule has 2 aromatic heterocycles. The Bertz CT molecular complexity index is 1030. The van der Waals surface area contributed by atoms with Crippen LogP contribution in [0.15, 0.2) is 30.3 Å². The van der Waals surface area contributed by atoms with E-state index < -0.39 is 17.8 Å². The van der Waals surface area contributed by atoms with Crippen molar-refractivity contribution >= 4 is 11.9 Å². The molecule has 0 saturated carbocycles. The minimum Gasteiger partial charge on any atom is -0.464 e. The van der Waals surface area contributed by atoms with E-state index in [4.69, 9.17) is 14.2 Å². The molecule has 2 rings (SSSR count). The summed E-state index contributed by atoms with van der Waals surface area (Å²) in [7, 11) is 2.50. The summed E-state index contributed by atoms with van der Waals surface area (Å²) in [4.78, 5) is 35.6. The number of ether oxygens (including phenoxy) is 4. The zero-order chi connectivity index (χ0) is 28.5. The molecule has 2 N–H and O–H groups in total. The molecule has 12 nitrogen and oxygen atoms in total. The van der Waals surface area contributed by atoms with E-state index in [2.05, 4.69) is 14.7 Å². The zero-order valence-electron chi connectivity index (χ0n) is 22.4. The molecule has 0 saturated heterocycles. The molecule has 39 heavy (non-hydrogen) atoms. The zero-order valence-corrected chi connectivity index (χ0v) is 22.4. The Morgan fingerprint density at radius 2 is 1.31 bits per heavy atom. The number of halogens is 1. The van der Waals surface area contributed by atoms with Gasteiger partial charge in [0.25, 0.3) is 0 Å². The molecule has 0 aliphatic rings. The third-order valence-electron chi connectivity index (χ3n) is 5.52. The maximum Gasteiger partial charge on any atom is 0.356 e. The van der Waals surface area contributed by atoms with Crippen molar-refractivity contribution in [3.63, 3.8) is 0 Å². The standard InChI is InChI=1S/C26H37FN4O8/c1-36-25(34)23-5-3-4-21(28-23)18-30(6-10-32)8-12-38-14-15-39-13-9-31(7-11-33)19-22-16-20(27)17-24(29-22)26(35)37-2/h3-5,16-17,32-33H,6-15,18-19H2,1-2H3. The van der Waals surface area contributed by atoms with E-state index in [1.54, 1.807) is 18.2 Å². The molecule has 0 amide bonds. The Labute approximate surface area is 227 Å². The Balaban J connectivity index is 1.70. The van der Waals surface area contributed by atoms with Crippen LogP contribution in [0.1, 0.15) is 32.4 Å². The Morgan fingerprint density at radius 1 is 0.769 bits per heavy atom. The van der Waals surface area contributed by atoms with Gasteiger partial charge in [0.15, 0.2) is 5.69 Å². The summed E-state index contributed by atoms with van der Waals surface area (Å²) in [6, 6.07) is 7.36. The molecule has 2 heterocycles. The molecule has 0 aliphatic carbocycles. The largest absolute Gasteiger partial charge is 0.464 e. The summed E-state index contributed by atoms with van der Waals surface area (Å²) in [5.41, 5.74) is 1.13. The number of carbonyl (C=O) groups excluding carboxylic acids is 2. The van der Waals surface area contributed by atoms with Crippen LogP contribution < -0.4 is 0 Å². The van der Waals surface area contributed by atoms with Gasteiger partial charge in [-0.3, -0.25) is 9.80 Å². The number of aliphatic hydroxyl groups is 2. The van der Waals surface area contributed by atoms with E-state index in [0.717, 1.165) is 6.07 Å². The molecule has 0 spiro atoms. The number of esters is 2. The fraction of sp³-hybridized carbons (Fsp3) is 0.538. The van der Waals surface area contributed by atoms with Gasteiger partial charge in [-0.1, -0.05) is 6.07 Å². The predicted octanol–water partition coefficient (Wildman–Crippen LogP) is 0.511. The summed E-state index contributed by atoms with van der Waals surface area (Å²) in [5.74, 6) is -1.83. The molecule has 13 heteroatoms. The van der Waals surface area contributed by atoms with Gasteiger partial charge in [0.2, 0.25) is 0 Å². The highest BCUT2D eigenvalue weighted by atomic mass is 19.1. The number of hydrogen-bond donors (Lipinski definition) is 2. The summed E-state index contributed by atoms with van der Waals surface area (Å²) in [6.07, 6.45) is 0. The highest BCUT2D eigenvalue weighted by molar-refractivity contribution is 5.87. The number of hydrogen-bond acceptors (Lipinski definition) is 12. The van der Waals surface area contributed by atoms with E-state index in [-0.39, 0.29) is 31.1 Å². The van der Waals surface area contributed by atoms with Gasteiger partial charge in [-0.05, 0) is 18.2 Å². The van der Waals surface area contributed by atoms with Crippen LogP contribution in [-0.2, 0) is 32.0 Å². The lowest BCUT2D eigenvalue weighted by Gasteiger charge is -2.21. The first-order chi connectivity index (χ1) is 18.9. The van der Waals surface area contributed by atoms with Crippen molar-refractivity contribution in [3.05, 3.63) is 58.9 Å². The fourth-order valence-corrected chi connectivity index (χ4v) is 3.62. The number of nitrogens with zero attached hydrogens (tertiary/aromatic N) is 4. The lowest BCUT2D eigenvalue weighted by atomic mass is 10.2. The third-order valence-corrected chi connectivity index (χ3v) is 5.52. The Morgan fingerprint density at radius 3 is 1.87 bits per heavy atom. The van der Waals surface area contributed by atoms with Crippen LogP contribution in [0.3, 0.4) is 0 Å². The van der Waals surface area contributed by atoms with Crippen molar-refractivity contribution in [2.75, 3.05) is 80.0 Å². The molecule has 0 fully saturated rings. The fourth-order valence-electron chi connectivity index (χ4n) is 3.62. The lowest BCUT2D eigenvalue weighted by Crippen LogP contribution is -2.31. The minimum atomic E-state index is -0.725. The van der Waals surface area contributed by atoms with Gasteiger partial charge in [0, 0.05) is 45.3 Å². The van der Waals surface area contributed by atoms with Crippen molar-refractivity contribution in [3.8, 4) is 0 Å². The molecule has 0 radical (unpaired) electrons. The Kier molecular flexibility index (Phi) is 15.0. The van der Waals surface area contributed by atoms with Crippen LogP contribution in [-0.4, -0.2) is 122 Å². The minimum absolute atomic E-state index is 0.0285. The van der Waals surface area contributed by atoms with Gasteiger partial charge >= 0.3 is 11.9 Å². The van der Waals surface area contributed by atoms with Gasteiger partial charge in [-0.25, -0.2) is 23.9 Å². The number of rotatable bonds is 19. The van der Waals surface area contributed by atoms with Crippen molar-refractivity contribution in [1.29, 1.82) is 0 Å². The smallest absolute Gasteiger partial charge is 0.356 e. The topological polar surface area (TPSA) is 144 Å². The average Bonchev–Trinajstić information content (AvgIpc) is 2.93. The highest BCUT2D eigenvalue weighted by Crippen LogP contribution is 2.09. The number of aromatic nitrogens is 2. The van der Waals surface area contributed by atoms with Gasteiger partial charge in [-0.2, -0.15) is 0 Å². The second kappa shape index (κ2) is 18.3. The Hall–Kier alpha value is -3.07. The van der Waals surface area contributed by atoms with Crippen LogP contribution in [0.25, 0.3) is 0 Å². The average molecular weight is 553 g/mol. The maximum atomic E-state index is 13.9. The van der Waals surface area contributed by atoms with Gasteiger partial charge in [0.05, 0.1) is 65.2 Å². The monoisotopic (exact) mass is 552 g/mol. The van der Waals surface area contributed by atoms with E-state index >= 15 is 0 Å². The normalized spacial score (nSPS) is 11.3. The molecule has 2 aromatic rings. The second-order valence-electron chi connectivity index (χ2n) is 8.38. The number of carbonyl (C=O) groups is 2. The van der Waals surface area contributed by atoms with E-state index in [9.17, 15) is 24.2 Å². The van der Waals surface area contributed by atoms with Gasteiger partial charge in [-0.15, -0.1) is 0 Å². The summed E-state index contributed by atoms with van der Waals surface area (Å²) in [5, 5.41) is 18.7. The number of methoxy groups -OCH3 is 2. The molecule has 0 bridgehead atoms. The molecule has 0 aromatic carbocycles. The third kappa shape index (κ3) is 12.1. The number of pyridine rings is 2. The van der Waals surface area contributed by atoms with Crippen LogP contribution >= 0.6 is 0 Å². The van der Waals surface area contributed by atoms with Crippen LogP contribution in [0.2, 0.25) is 0 Å². The first-order valence-electron chi connectivity index (χ1n) is 12.5. The molecular weight excluding hydrogens is 515 g/mol. The molecule has 0 atom stereocenters. The van der Waals surface area contributed by atoms with Gasteiger partial charge < -0.3 is 29.2 Å². The SMILES string of the molecule is COC(=O)c1cccc(CN(CCO)CCOCCOCCN(CCO)Cc2cc(F)cc(C(=O)OC)n2)n1. The lowest BCUT2D eigenvalue weighted by molar-refractivity contribution is 0.0268. The molecule has 216 valence electrons. The first kappa shape index (κ1) is 32.1. The number of aliphatic hydroxyl groups excluding tert-OH is 2. The predicted molar refractivity (Wildman–Crippen MR) is 137 cm³/mol. The van der Waals surface area contributed by atoms with Crippen molar-refractivity contribution in [2.24, 2.45) is 0 Å². The summed E-state index contributed by atoms with van der Waals surface area (Å²) >= 11 is 0. The maximum absolute atomic E-state index is 13.9. The molecule has 0 unspecified atom stereocenters.